The van der Waals surface area contributed by atoms with Crippen LogP contribution in [0.3, 0.4) is 0 Å². The smallest absolute Gasteiger partial charge is 0.335 e. The van der Waals surface area contributed by atoms with Gasteiger partial charge in [-0.25, -0.2) is 4.79 Å². The van der Waals surface area contributed by atoms with Gasteiger partial charge in [0.05, 0.1) is 11.6 Å². The molecule has 3 aliphatic rings. The van der Waals surface area contributed by atoms with Crippen molar-refractivity contribution in [3.8, 4) is 5.75 Å². The van der Waals surface area contributed by atoms with Crippen LogP contribution in [0.1, 0.15) is 58.3 Å². The summed E-state index contributed by atoms with van der Waals surface area (Å²) in [6.45, 7) is 0.545. The van der Waals surface area contributed by atoms with Crippen LogP contribution in [0.5, 0.6) is 5.75 Å². The van der Waals surface area contributed by atoms with Crippen LogP contribution in [0.15, 0.2) is 72.8 Å². The number of benzene rings is 3. The molecule has 32 heavy (non-hydrogen) atoms. The Kier molecular flexibility index (Phi) is 4.67. The average molecular weight is 426 g/mol. The first-order valence-electron chi connectivity index (χ1n) is 11.6. The summed E-state index contributed by atoms with van der Waals surface area (Å²) in [5, 5.41) is 13.3. The Morgan fingerprint density at radius 1 is 0.938 bits per heavy atom. The summed E-state index contributed by atoms with van der Waals surface area (Å²) in [4.78, 5) is 11.6. The van der Waals surface area contributed by atoms with Crippen LogP contribution in [0.2, 0.25) is 0 Å². The highest BCUT2D eigenvalue weighted by molar-refractivity contribution is 5.89. The monoisotopic (exact) mass is 425 g/mol. The van der Waals surface area contributed by atoms with Gasteiger partial charge in [0.1, 0.15) is 12.4 Å². The minimum Gasteiger partial charge on any atom is -0.489 e. The van der Waals surface area contributed by atoms with Crippen LogP contribution < -0.4 is 10.1 Å². The molecule has 0 radical (unpaired) electrons. The van der Waals surface area contributed by atoms with Crippen LogP contribution in [0, 0.1) is 17.8 Å². The van der Waals surface area contributed by atoms with E-state index in [1.54, 1.807) is 6.07 Å². The van der Waals surface area contributed by atoms with Gasteiger partial charge in [0.15, 0.2) is 0 Å². The first kappa shape index (κ1) is 19.4. The first-order chi connectivity index (χ1) is 15.7. The van der Waals surface area contributed by atoms with Crippen LogP contribution in [-0.4, -0.2) is 11.1 Å². The summed E-state index contributed by atoms with van der Waals surface area (Å²) in [5.41, 5.74) is 5.02. The van der Waals surface area contributed by atoms with E-state index in [0.717, 1.165) is 17.0 Å². The Labute approximate surface area is 188 Å². The lowest BCUT2D eigenvalue weighted by Crippen LogP contribution is -2.35. The Morgan fingerprint density at radius 3 is 2.56 bits per heavy atom. The molecule has 0 aromatic heterocycles. The van der Waals surface area contributed by atoms with Gasteiger partial charge >= 0.3 is 5.97 Å². The molecule has 162 valence electrons. The molecule has 0 unspecified atom stereocenters. The molecule has 1 heterocycles. The summed E-state index contributed by atoms with van der Waals surface area (Å²) in [6.07, 6.45) is 3.77. The quantitative estimate of drug-likeness (QED) is 0.506. The fourth-order valence-electron chi connectivity index (χ4n) is 6.53. The molecule has 2 bridgehead atoms. The van der Waals surface area contributed by atoms with Gasteiger partial charge in [-0.2, -0.15) is 0 Å². The summed E-state index contributed by atoms with van der Waals surface area (Å²) in [6, 6.07) is 24.4. The molecular weight excluding hydrogens is 398 g/mol. The van der Waals surface area contributed by atoms with E-state index in [2.05, 4.69) is 35.6 Å². The fraction of sp³-hybridized carbons (Fsp3) is 0.321. The maximum atomic E-state index is 11.6. The highest BCUT2D eigenvalue weighted by Gasteiger charge is 2.54. The summed E-state index contributed by atoms with van der Waals surface area (Å²) in [5.74, 6) is 2.28. The molecule has 4 heteroatoms. The molecule has 5 atom stereocenters. The predicted octanol–water partition coefficient (Wildman–Crippen LogP) is 6.26. The summed E-state index contributed by atoms with van der Waals surface area (Å²) >= 11 is 0. The Balaban J connectivity index is 1.37. The zero-order chi connectivity index (χ0) is 21.7. The van der Waals surface area contributed by atoms with E-state index in [1.165, 1.54) is 30.4 Å². The minimum absolute atomic E-state index is 0.172. The second-order valence-corrected chi connectivity index (χ2v) is 9.48. The number of rotatable bonds is 5. The number of fused-ring (bicyclic) bond motifs is 7. The minimum atomic E-state index is -0.853. The van der Waals surface area contributed by atoms with Crippen LogP contribution in [0.4, 0.5) is 5.69 Å². The molecule has 3 aromatic carbocycles. The normalized spacial score (nSPS) is 27.3. The fourth-order valence-corrected chi connectivity index (χ4v) is 6.53. The largest absolute Gasteiger partial charge is 0.489 e. The number of carboxylic acid groups (broad SMARTS) is 1. The Hall–Kier alpha value is -3.27. The SMILES string of the molecule is O=C(O)c1ccc2c(c1)[C@@H]1[C@@H]3CC[C@@H](C3)[C@H]1[C@H](c1ccccc1OCc1ccccc1)N2. The number of ether oxygens (including phenoxy) is 1. The molecule has 6 rings (SSSR count). The van der Waals surface area contributed by atoms with Crippen LogP contribution in [0.25, 0.3) is 0 Å². The molecule has 0 spiro atoms. The molecule has 0 saturated heterocycles. The third kappa shape index (κ3) is 3.17. The number of hydrogen-bond acceptors (Lipinski definition) is 3. The van der Waals surface area contributed by atoms with E-state index >= 15 is 0 Å². The number of hydrogen-bond donors (Lipinski definition) is 2. The van der Waals surface area contributed by atoms with Crippen LogP contribution in [-0.2, 0) is 6.61 Å². The number of carbonyl (C=O) groups is 1. The summed E-state index contributed by atoms with van der Waals surface area (Å²) in [7, 11) is 0. The van der Waals surface area contributed by atoms with E-state index in [4.69, 9.17) is 4.74 Å². The van der Waals surface area contributed by atoms with Crippen molar-refractivity contribution in [1.29, 1.82) is 0 Å². The lowest BCUT2D eigenvalue weighted by atomic mass is 9.67. The van der Waals surface area contributed by atoms with E-state index in [-0.39, 0.29) is 6.04 Å². The van der Waals surface area contributed by atoms with Crippen LogP contribution >= 0.6 is 0 Å². The Bertz CT molecular complexity index is 1160. The van der Waals surface area contributed by atoms with E-state index in [9.17, 15) is 9.90 Å². The average Bonchev–Trinajstić information content (AvgIpc) is 3.46. The molecule has 2 aliphatic carbocycles. The van der Waals surface area contributed by atoms with Crippen molar-refractivity contribution in [2.24, 2.45) is 17.8 Å². The zero-order valence-electron chi connectivity index (χ0n) is 17.9. The van der Waals surface area contributed by atoms with Gasteiger partial charge in [-0.1, -0.05) is 48.5 Å². The number of nitrogens with one attached hydrogen (secondary N) is 1. The standard InChI is InChI=1S/C28H27NO3/c30-28(31)20-12-13-23-22(15-20)25-18-10-11-19(14-18)26(25)27(29-23)21-8-4-5-9-24(21)32-16-17-6-2-1-3-7-17/h1-9,12-13,15,18-19,25-27,29H,10-11,14,16H2,(H,30,31)/t18-,19+,25+,26-,27+/m1/s1. The zero-order valence-corrected chi connectivity index (χ0v) is 17.9. The lowest BCUT2D eigenvalue weighted by molar-refractivity contribution is 0.0696. The van der Waals surface area contributed by atoms with Crippen molar-refractivity contribution in [1.82, 2.24) is 0 Å². The van der Waals surface area contributed by atoms with Gasteiger partial charge in [0, 0.05) is 11.3 Å². The maximum absolute atomic E-state index is 11.6. The second-order valence-electron chi connectivity index (χ2n) is 9.48. The third-order valence-corrected chi connectivity index (χ3v) is 7.83. The number of anilines is 1. The molecule has 4 nitrogen and oxygen atoms in total. The van der Waals surface area contributed by atoms with Gasteiger partial charge in [-0.05, 0) is 78.3 Å². The molecule has 3 aromatic rings. The number of aromatic carboxylic acids is 1. The maximum Gasteiger partial charge on any atom is 0.335 e. The highest BCUT2D eigenvalue weighted by atomic mass is 16.5. The number of para-hydroxylation sites is 1. The van der Waals surface area contributed by atoms with Crippen molar-refractivity contribution < 1.29 is 14.6 Å². The molecule has 0 amide bonds. The first-order valence-corrected chi connectivity index (χ1v) is 11.6. The highest BCUT2D eigenvalue weighted by Crippen LogP contribution is 2.64. The topological polar surface area (TPSA) is 58.6 Å². The van der Waals surface area contributed by atoms with Gasteiger partial charge in [0.25, 0.3) is 0 Å². The molecular formula is C28H27NO3. The van der Waals surface area contributed by atoms with Gasteiger partial charge < -0.3 is 15.2 Å². The molecule has 2 N–H and O–H groups in total. The molecule has 2 saturated carbocycles. The number of carboxylic acids is 1. The summed E-state index contributed by atoms with van der Waals surface area (Å²) < 4.78 is 6.33. The molecule has 1 aliphatic heterocycles. The molecule has 2 fully saturated rings. The van der Waals surface area contributed by atoms with E-state index < -0.39 is 5.97 Å². The second kappa shape index (κ2) is 7.70. The van der Waals surface area contributed by atoms with Gasteiger partial charge in [-0.3, -0.25) is 0 Å². The van der Waals surface area contributed by atoms with E-state index in [0.29, 0.717) is 35.8 Å². The van der Waals surface area contributed by atoms with Gasteiger partial charge in [-0.15, -0.1) is 0 Å². The predicted molar refractivity (Wildman–Crippen MR) is 124 cm³/mol. The third-order valence-electron chi connectivity index (χ3n) is 7.83. The van der Waals surface area contributed by atoms with Crippen molar-refractivity contribution >= 4 is 11.7 Å². The van der Waals surface area contributed by atoms with Crippen molar-refractivity contribution in [2.45, 2.75) is 37.8 Å². The lowest BCUT2D eigenvalue weighted by Gasteiger charge is -2.44. The van der Waals surface area contributed by atoms with Crippen molar-refractivity contribution in [2.75, 3.05) is 5.32 Å². The van der Waals surface area contributed by atoms with Gasteiger partial charge in [0.2, 0.25) is 0 Å². The van der Waals surface area contributed by atoms with Crippen molar-refractivity contribution in [3.63, 3.8) is 0 Å². The van der Waals surface area contributed by atoms with E-state index in [1.807, 2.05) is 36.4 Å². The van der Waals surface area contributed by atoms with Crippen molar-refractivity contribution in [3.05, 3.63) is 95.1 Å². The Morgan fingerprint density at radius 2 is 1.72 bits per heavy atom.